The van der Waals surface area contributed by atoms with E-state index in [9.17, 15) is 27.2 Å². The Morgan fingerprint density at radius 3 is 2.33 bits per heavy atom. The molecule has 88 valence electrons. The van der Waals surface area contributed by atoms with E-state index in [-0.39, 0.29) is 6.61 Å². The molecule has 0 aromatic rings. The SMILES string of the molecule is CCOC(=O)CNC(=O)C(F)(F)C(F)F. The highest BCUT2D eigenvalue weighted by molar-refractivity contribution is 5.87. The van der Waals surface area contributed by atoms with Gasteiger partial charge in [0.25, 0.3) is 5.91 Å². The molecule has 0 rings (SSSR count). The first-order valence-corrected chi connectivity index (χ1v) is 3.92. The van der Waals surface area contributed by atoms with Crippen LogP contribution in [-0.4, -0.2) is 37.4 Å². The van der Waals surface area contributed by atoms with E-state index in [4.69, 9.17) is 0 Å². The summed E-state index contributed by atoms with van der Waals surface area (Å²) in [6, 6.07) is 0. The molecule has 4 nitrogen and oxygen atoms in total. The molecule has 1 N–H and O–H groups in total. The number of amides is 1. The zero-order valence-electron chi connectivity index (χ0n) is 7.73. The van der Waals surface area contributed by atoms with E-state index in [1.54, 1.807) is 0 Å². The minimum absolute atomic E-state index is 0.0000557. The lowest BCUT2D eigenvalue weighted by molar-refractivity contribution is -0.170. The average molecular weight is 231 g/mol. The van der Waals surface area contributed by atoms with E-state index in [2.05, 4.69) is 4.74 Å². The Bertz CT molecular complexity index is 244. The number of hydrogen-bond donors (Lipinski definition) is 1. The van der Waals surface area contributed by atoms with Gasteiger partial charge in [-0.15, -0.1) is 0 Å². The topological polar surface area (TPSA) is 55.4 Å². The third-order valence-corrected chi connectivity index (χ3v) is 1.28. The molecule has 8 heteroatoms. The Labute approximate surface area is 82.6 Å². The summed E-state index contributed by atoms with van der Waals surface area (Å²) in [5, 5.41) is 1.35. The molecule has 0 heterocycles. The number of hydrogen-bond acceptors (Lipinski definition) is 3. The van der Waals surface area contributed by atoms with Gasteiger partial charge in [0.15, 0.2) is 0 Å². The van der Waals surface area contributed by atoms with Crippen LogP contribution in [0.3, 0.4) is 0 Å². The fraction of sp³-hybridized carbons (Fsp3) is 0.714. The Morgan fingerprint density at radius 1 is 1.40 bits per heavy atom. The minimum atomic E-state index is -4.80. The highest BCUT2D eigenvalue weighted by Crippen LogP contribution is 2.22. The van der Waals surface area contributed by atoms with Crippen molar-refractivity contribution >= 4 is 11.9 Å². The number of halogens is 4. The monoisotopic (exact) mass is 231 g/mol. The number of rotatable bonds is 5. The molecule has 0 bridgehead atoms. The second-order valence-electron chi connectivity index (χ2n) is 2.41. The number of ether oxygens (including phenoxy) is 1. The largest absolute Gasteiger partial charge is 0.465 e. The Morgan fingerprint density at radius 2 is 1.93 bits per heavy atom. The molecular formula is C7H9F4NO3. The third-order valence-electron chi connectivity index (χ3n) is 1.28. The summed E-state index contributed by atoms with van der Waals surface area (Å²) in [6.45, 7) is 0.600. The molecule has 0 fully saturated rings. The quantitative estimate of drug-likeness (QED) is 0.555. The maximum atomic E-state index is 12.3. The maximum Gasteiger partial charge on any atom is 0.383 e. The maximum absolute atomic E-state index is 12.3. The molecule has 0 aliphatic rings. The predicted octanol–water partition coefficient (Wildman–Crippen LogP) is 0.566. The van der Waals surface area contributed by atoms with Crippen LogP contribution in [0.15, 0.2) is 0 Å². The van der Waals surface area contributed by atoms with Crippen molar-refractivity contribution < 1.29 is 31.9 Å². The molecule has 0 saturated heterocycles. The van der Waals surface area contributed by atoms with Gasteiger partial charge < -0.3 is 10.1 Å². The van der Waals surface area contributed by atoms with Crippen molar-refractivity contribution in [2.24, 2.45) is 0 Å². The van der Waals surface area contributed by atoms with Crippen LogP contribution in [0.2, 0.25) is 0 Å². The molecule has 1 amide bonds. The van der Waals surface area contributed by atoms with E-state index in [0.29, 0.717) is 0 Å². The second kappa shape index (κ2) is 5.52. The zero-order valence-corrected chi connectivity index (χ0v) is 7.73. The standard InChI is InChI=1S/C7H9F4NO3/c1-2-15-4(13)3-12-6(14)7(10,11)5(8)9/h5H,2-3H2,1H3,(H,12,14). The number of nitrogens with one attached hydrogen (secondary N) is 1. The minimum Gasteiger partial charge on any atom is -0.465 e. The molecule has 0 aromatic heterocycles. The first kappa shape index (κ1) is 13.7. The highest BCUT2D eigenvalue weighted by atomic mass is 19.3. The van der Waals surface area contributed by atoms with Crippen molar-refractivity contribution in [3.63, 3.8) is 0 Å². The van der Waals surface area contributed by atoms with Crippen molar-refractivity contribution in [1.29, 1.82) is 0 Å². The van der Waals surface area contributed by atoms with Crippen LogP contribution in [0, 0.1) is 0 Å². The third kappa shape index (κ3) is 4.13. The lowest BCUT2D eigenvalue weighted by atomic mass is 10.3. The predicted molar refractivity (Wildman–Crippen MR) is 40.6 cm³/mol. The molecular weight excluding hydrogens is 222 g/mol. The first-order valence-electron chi connectivity index (χ1n) is 3.92. The van der Waals surface area contributed by atoms with Gasteiger partial charge in [0.1, 0.15) is 6.54 Å². The smallest absolute Gasteiger partial charge is 0.383 e. The van der Waals surface area contributed by atoms with Gasteiger partial charge in [0.05, 0.1) is 6.61 Å². The van der Waals surface area contributed by atoms with Crippen LogP contribution < -0.4 is 5.32 Å². The summed E-state index contributed by atoms with van der Waals surface area (Å²) in [4.78, 5) is 21.0. The number of alkyl halides is 4. The van der Waals surface area contributed by atoms with E-state index in [1.807, 2.05) is 0 Å². The Balaban J connectivity index is 4.09. The lowest BCUT2D eigenvalue weighted by Gasteiger charge is -2.14. The molecule has 0 spiro atoms. The van der Waals surface area contributed by atoms with Crippen LogP contribution >= 0.6 is 0 Å². The molecule has 0 saturated carbocycles. The summed E-state index contributed by atoms with van der Waals surface area (Å²) in [7, 11) is 0. The molecule has 15 heavy (non-hydrogen) atoms. The van der Waals surface area contributed by atoms with Gasteiger partial charge in [0.2, 0.25) is 0 Å². The van der Waals surface area contributed by atoms with Crippen LogP contribution in [0.4, 0.5) is 17.6 Å². The van der Waals surface area contributed by atoms with Gasteiger partial charge in [-0.1, -0.05) is 0 Å². The van der Waals surface area contributed by atoms with Gasteiger partial charge in [-0.3, -0.25) is 9.59 Å². The fourth-order valence-electron chi connectivity index (χ4n) is 0.581. The summed E-state index contributed by atoms with van der Waals surface area (Å²) in [5.41, 5.74) is 0. The van der Waals surface area contributed by atoms with Crippen molar-refractivity contribution in [3.8, 4) is 0 Å². The fourth-order valence-corrected chi connectivity index (χ4v) is 0.581. The average Bonchev–Trinajstić information content (AvgIpc) is 2.14. The molecule has 0 unspecified atom stereocenters. The van der Waals surface area contributed by atoms with Crippen LogP contribution in [-0.2, 0) is 14.3 Å². The lowest BCUT2D eigenvalue weighted by Crippen LogP contribution is -2.46. The number of carbonyl (C=O) groups excluding carboxylic acids is 2. The van der Waals surface area contributed by atoms with Crippen molar-refractivity contribution in [2.75, 3.05) is 13.2 Å². The number of esters is 1. The number of carbonyl (C=O) groups is 2. The van der Waals surface area contributed by atoms with Crippen LogP contribution in [0.5, 0.6) is 0 Å². The molecule has 0 radical (unpaired) electrons. The normalized spacial score (nSPS) is 11.3. The summed E-state index contributed by atoms with van der Waals surface area (Å²) >= 11 is 0. The van der Waals surface area contributed by atoms with Gasteiger partial charge in [0, 0.05) is 0 Å². The van der Waals surface area contributed by atoms with Gasteiger partial charge >= 0.3 is 18.3 Å². The molecule has 0 aliphatic carbocycles. The van der Waals surface area contributed by atoms with Crippen molar-refractivity contribution in [1.82, 2.24) is 5.32 Å². The van der Waals surface area contributed by atoms with Crippen LogP contribution in [0.1, 0.15) is 6.92 Å². The van der Waals surface area contributed by atoms with Gasteiger partial charge in [-0.25, -0.2) is 8.78 Å². The summed E-state index contributed by atoms with van der Waals surface area (Å²) < 4.78 is 52.0. The van der Waals surface area contributed by atoms with E-state index >= 15 is 0 Å². The molecule has 0 aliphatic heterocycles. The van der Waals surface area contributed by atoms with Crippen LogP contribution in [0.25, 0.3) is 0 Å². The summed E-state index contributed by atoms with van der Waals surface area (Å²) in [6.07, 6.45) is -4.11. The van der Waals surface area contributed by atoms with E-state index in [0.717, 1.165) is 0 Å². The van der Waals surface area contributed by atoms with E-state index in [1.165, 1.54) is 12.2 Å². The molecule has 0 aromatic carbocycles. The second-order valence-corrected chi connectivity index (χ2v) is 2.41. The first-order chi connectivity index (χ1) is 6.82. The van der Waals surface area contributed by atoms with Gasteiger partial charge in [-0.05, 0) is 6.92 Å². The summed E-state index contributed by atoms with van der Waals surface area (Å²) in [5.74, 6) is -7.98. The van der Waals surface area contributed by atoms with Gasteiger partial charge in [-0.2, -0.15) is 8.78 Å². The molecule has 0 atom stereocenters. The van der Waals surface area contributed by atoms with Crippen molar-refractivity contribution in [2.45, 2.75) is 19.3 Å². The Hall–Kier alpha value is -1.34. The zero-order chi connectivity index (χ0) is 12.1. The van der Waals surface area contributed by atoms with E-state index < -0.39 is 30.8 Å². The van der Waals surface area contributed by atoms with Crippen molar-refractivity contribution in [3.05, 3.63) is 0 Å². The highest BCUT2D eigenvalue weighted by Gasteiger charge is 2.48. The Kier molecular flexibility index (Phi) is 5.03.